The van der Waals surface area contributed by atoms with E-state index >= 15 is 0 Å². The molecule has 0 spiro atoms. The summed E-state index contributed by atoms with van der Waals surface area (Å²) < 4.78 is 1.83. The van der Waals surface area contributed by atoms with Crippen LogP contribution in [0.3, 0.4) is 0 Å². The Labute approximate surface area is 123 Å². The van der Waals surface area contributed by atoms with Gasteiger partial charge in [0, 0.05) is 31.7 Å². The number of amides is 1. The van der Waals surface area contributed by atoms with Crippen molar-refractivity contribution in [2.24, 2.45) is 0 Å². The van der Waals surface area contributed by atoms with Crippen LogP contribution in [0.4, 0.5) is 4.79 Å². The topological polar surface area (TPSA) is 51.0 Å². The first-order chi connectivity index (χ1) is 9.65. The minimum absolute atomic E-state index is 0.0453. The van der Waals surface area contributed by atoms with Crippen LogP contribution in [0.15, 0.2) is 41.6 Å². The molecule has 0 bridgehead atoms. The lowest BCUT2D eigenvalue weighted by atomic mass is 10.1. The van der Waals surface area contributed by atoms with Gasteiger partial charge in [0.1, 0.15) is 0 Å². The lowest BCUT2D eigenvalue weighted by Gasteiger charge is -2.09. The van der Waals surface area contributed by atoms with Gasteiger partial charge in [-0.3, -0.25) is 9.48 Å². The van der Waals surface area contributed by atoms with Crippen LogP contribution >= 0.6 is 11.8 Å². The van der Waals surface area contributed by atoms with E-state index in [-0.39, 0.29) is 5.24 Å². The highest BCUT2D eigenvalue weighted by Gasteiger charge is 2.06. The summed E-state index contributed by atoms with van der Waals surface area (Å²) in [5.41, 5.74) is 1.27. The Morgan fingerprint density at radius 3 is 2.65 bits per heavy atom. The molecule has 0 fully saturated rings. The number of thioether (sulfide) groups is 1. The summed E-state index contributed by atoms with van der Waals surface area (Å²) in [5.74, 6) is 0. The number of rotatable bonds is 5. The van der Waals surface area contributed by atoms with Crippen molar-refractivity contribution in [3.05, 3.63) is 42.2 Å². The lowest BCUT2D eigenvalue weighted by Crippen LogP contribution is -2.15. The van der Waals surface area contributed by atoms with E-state index in [9.17, 15) is 4.79 Å². The average Bonchev–Trinajstić information content (AvgIpc) is 2.94. The second-order valence-electron chi connectivity index (χ2n) is 4.68. The third kappa shape index (κ3) is 4.38. The van der Waals surface area contributed by atoms with Crippen molar-refractivity contribution in [3.63, 3.8) is 0 Å². The highest BCUT2D eigenvalue weighted by Crippen LogP contribution is 2.21. The van der Waals surface area contributed by atoms with Gasteiger partial charge in [-0.15, -0.1) is 5.10 Å². The molecule has 1 aromatic carbocycles. The van der Waals surface area contributed by atoms with Crippen LogP contribution in [0.2, 0.25) is 0 Å². The molecule has 1 aromatic heterocycles. The third-order valence-corrected chi connectivity index (χ3v) is 3.87. The molecule has 1 amide bonds. The van der Waals surface area contributed by atoms with Crippen molar-refractivity contribution in [3.8, 4) is 0 Å². The van der Waals surface area contributed by atoms with Crippen molar-refractivity contribution >= 4 is 17.0 Å². The van der Waals surface area contributed by atoms with E-state index in [1.54, 1.807) is 25.2 Å². The molecule has 0 unspecified atom stereocenters. The van der Waals surface area contributed by atoms with Gasteiger partial charge in [0.25, 0.3) is 5.24 Å². The van der Waals surface area contributed by atoms with Gasteiger partial charge in [-0.1, -0.05) is 17.3 Å². The summed E-state index contributed by atoms with van der Waals surface area (Å²) in [6.07, 6.45) is 5.57. The van der Waals surface area contributed by atoms with Gasteiger partial charge in [0.15, 0.2) is 0 Å². The molecule has 106 valence electrons. The second kappa shape index (κ2) is 7.09. The van der Waals surface area contributed by atoms with Crippen LogP contribution < -0.4 is 0 Å². The number of aromatic nitrogens is 3. The molecule has 0 aliphatic carbocycles. The number of aryl methyl sites for hydroxylation is 2. The summed E-state index contributed by atoms with van der Waals surface area (Å²) >= 11 is 1.25. The molecule has 6 heteroatoms. The first-order valence-corrected chi connectivity index (χ1v) is 7.29. The zero-order chi connectivity index (χ0) is 14.4. The van der Waals surface area contributed by atoms with Crippen molar-refractivity contribution < 1.29 is 4.79 Å². The normalized spacial score (nSPS) is 10.5. The average molecular weight is 290 g/mol. The van der Waals surface area contributed by atoms with Crippen molar-refractivity contribution in [1.29, 1.82) is 0 Å². The lowest BCUT2D eigenvalue weighted by molar-refractivity contribution is 0.241. The van der Waals surface area contributed by atoms with Crippen molar-refractivity contribution in [2.45, 2.75) is 24.3 Å². The SMILES string of the molecule is CN(C)C(=O)Sc1ccc(CCCn2ccnn2)cc1. The van der Waals surface area contributed by atoms with Crippen LogP contribution in [0.1, 0.15) is 12.0 Å². The molecular formula is C14H18N4OS. The summed E-state index contributed by atoms with van der Waals surface area (Å²) in [5, 5.41) is 7.75. The quantitative estimate of drug-likeness (QED) is 0.794. The van der Waals surface area contributed by atoms with Crippen LogP contribution in [-0.4, -0.2) is 39.2 Å². The molecule has 0 aliphatic rings. The minimum Gasteiger partial charge on any atom is -0.339 e. The number of carbonyl (C=O) groups excluding carboxylic acids is 1. The number of nitrogens with zero attached hydrogens (tertiary/aromatic N) is 4. The molecule has 0 saturated carbocycles. The van der Waals surface area contributed by atoms with E-state index in [0.29, 0.717) is 0 Å². The molecular weight excluding hydrogens is 272 g/mol. The number of hydrogen-bond donors (Lipinski definition) is 0. The van der Waals surface area contributed by atoms with Crippen LogP contribution in [0.25, 0.3) is 0 Å². The van der Waals surface area contributed by atoms with Gasteiger partial charge in [-0.2, -0.15) is 0 Å². The van der Waals surface area contributed by atoms with Gasteiger partial charge in [0.2, 0.25) is 0 Å². The summed E-state index contributed by atoms with van der Waals surface area (Å²) in [6.45, 7) is 0.871. The Hall–Kier alpha value is -1.82. The second-order valence-corrected chi connectivity index (χ2v) is 5.70. The van der Waals surface area contributed by atoms with Crippen LogP contribution in [0, 0.1) is 0 Å². The summed E-state index contributed by atoms with van der Waals surface area (Å²) in [4.78, 5) is 14.1. The Balaban J connectivity index is 1.80. The van der Waals surface area contributed by atoms with E-state index in [1.807, 2.05) is 23.0 Å². The zero-order valence-electron chi connectivity index (χ0n) is 11.7. The van der Waals surface area contributed by atoms with Gasteiger partial charge >= 0.3 is 0 Å². The number of hydrogen-bond acceptors (Lipinski definition) is 4. The Bertz CT molecular complexity index is 537. The third-order valence-electron chi connectivity index (χ3n) is 2.82. The molecule has 0 N–H and O–H groups in total. The molecule has 0 aliphatic heterocycles. The Morgan fingerprint density at radius 2 is 2.05 bits per heavy atom. The molecule has 5 nitrogen and oxygen atoms in total. The van der Waals surface area contributed by atoms with Gasteiger partial charge in [0.05, 0.1) is 6.20 Å². The monoisotopic (exact) mass is 290 g/mol. The largest absolute Gasteiger partial charge is 0.339 e. The van der Waals surface area contributed by atoms with Gasteiger partial charge in [-0.25, -0.2) is 0 Å². The van der Waals surface area contributed by atoms with E-state index < -0.39 is 0 Å². The van der Waals surface area contributed by atoms with Crippen molar-refractivity contribution in [1.82, 2.24) is 19.9 Å². The Morgan fingerprint density at radius 1 is 1.30 bits per heavy atom. The minimum atomic E-state index is 0.0453. The number of carbonyl (C=O) groups is 1. The number of benzene rings is 1. The van der Waals surface area contributed by atoms with E-state index in [2.05, 4.69) is 22.4 Å². The van der Waals surface area contributed by atoms with E-state index in [4.69, 9.17) is 0 Å². The van der Waals surface area contributed by atoms with Crippen LogP contribution in [0.5, 0.6) is 0 Å². The van der Waals surface area contributed by atoms with E-state index in [1.165, 1.54) is 17.3 Å². The summed E-state index contributed by atoms with van der Waals surface area (Å²) in [7, 11) is 3.52. The predicted octanol–water partition coefficient (Wildman–Crippen LogP) is 2.68. The molecule has 20 heavy (non-hydrogen) atoms. The maximum absolute atomic E-state index is 11.6. The molecule has 0 radical (unpaired) electrons. The molecule has 0 atom stereocenters. The fourth-order valence-electron chi connectivity index (χ4n) is 1.71. The molecule has 2 aromatic rings. The first kappa shape index (κ1) is 14.6. The predicted molar refractivity (Wildman–Crippen MR) is 79.7 cm³/mol. The fourth-order valence-corrected chi connectivity index (χ4v) is 2.37. The summed E-state index contributed by atoms with van der Waals surface area (Å²) in [6, 6.07) is 8.15. The van der Waals surface area contributed by atoms with Crippen LogP contribution in [-0.2, 0) is 13.0 Å². The zero-order valence-corrected chi connectivity index (χ0v) is 12.5. The smallest absolute Gasteiger partial charge is 0.285 e. The Kier molecular flexibility index (Phi) is 5.17. The maximum Gasteiger partial charge on any atom is 0.285 e. The van der Waals surface area contributed by atoms with Gasteiger partial charge in [-0.05, 0) is 42.3 Å². The molecule has 2 rings (SSSR count). The van der Waals surface area contributed by atoms with Crippen molar-refractivity contribution in [2.75, 3.05) is 14.1 Å². The fraction of sp³-hybridized carbons (Fsp3) is 0.357. The first-order valence-electron chi connectivity index (χ1n) is 6.47. The molecule has 0 saturated heterocycles. The van der Waals surface area contributed by atoms with E-state index in [0.717, 1.165) is 24.3 Å². The standard InChI is InChI=1S/C14H18N4OS/c1-17(2)14(19)20-13-7-5-12(6-8-13)4-3-10-18-11-9-15-16-18/h5-9,11H,3-4,10H2,1-2H3. The highest BCUT2D eigenvalue weighted by atomic mass is 32.2. The van der Waals surface area contributed by atoms with Gasteiger partial charge < -0.3 is 4.90 Å². The molecule has 1 heterocycles. The highest BCUT2D eigenvalue weighted by molar-refractivity contribution is 8.13. The maximum atomic E-state index is 11.6.